The number of hydrogen-bond acceptors (Lipinski definition) is 6. The fourth-order valence-corrected chi connectivity index (χ4v) is 3.19. The first-order valence-corrected chi connectivity index (χ1v) is 7.50. The number of likely N-dealkylation sites (tertiary alicyclic amines) is 1. The molecule has 0 N–H and O–H groups in total. The first kappa shape index (κ1) is 15.9. The van der Waals surface area contributed by atoms with Crippen LogP contribution in [0.25, 0.3) is 0 Å². The predicted molar refractivity (Wildman–Crippen MR) is 75.6 cm³/mol. The first-order chi connectivity index (χ1) is 10.8. The topological polar surface area (TPSA) is 81.9 Å². The third kappa shape index (κ3) is 2.23. The molecule has 1 spiro atoms. The van der Waals surface area contributed by atoms with Crippen LogP contribution in [-0.2, 0) is 14.3 Å². The molecule has 2 saturated heterocycles. The van der Waals surface area contributed by atoms with E-state index in [-0.39, 0.29) is 38.7 Å². The Hall–Kier alpha value is -1.96. The van der Waals surface area contributed by atoms with Crippen molar-refractivity contribution in [3.63, 3.8) is 0 Å². The van der Waals surface area contributed by atoms with Crippen molar-refractivity contribution in [3.05, 3.63) is 17.3 Å². The number of aromatic nitrogens is 1. The zero-order chi connectivity index (χ0) is 16.8. The van der Waals surface area contributed by atoms with Gasteiger partial charge in [0.05, 0.1) is 37.5 Å². The van der Waals surface area contributed by atoms with Crippen LogP contribution in [0.5, 0.6) is 0 Å². The minimum absolute atomic E-state index is 0.0750. The van der Waals surface area contributed by atoms with Crippen LogP contribution in [0, 0.1) is 19.3 Å². The number of halogens is 1. The Bertz CT molecular complexity index is 654. The Morgan fingerprint density at radius 3 is 2.52 bits per heavy atom. The maximum absolute atomic E-state index is 15.4. The molecule has 0 radical (unpaired) electrons. The lowest BCUT2D eigenvalue weighted by molar-refractivity contribution is -0.196. The molecule has 3 heterocycles. The zero-order valence-electron chi connectivity index (χ0n) is 13.3. The fourth-order valence-electron chi connectivity index (χ4n) is 3.19. The summed E-state index contributed by atoms with van der Waals surface area (Å²) in [7, 11) is 0. The van der Waals surface area contributed by atoms with Crippen molar-refractivity contribution in [1.29, 1.82) is 0 Å². The van der Waals surface area contributed by atoms with Gasteiger partial charge in [0.2, 0.25) is 11.4 Å². The molecule has 1 aromatic rings. The molecule has 2 fully saturated rings. The molecule has 1 unspecified atom stereocenters. The number of amides is 1. The number of carbonyl (C=O) groups is 2. The van der Waals surface area contributed by atoms with Crippen LogP contribution in [0.3, 0.4) is 0 Å². The van der Waals surface area contributed by atoms with Gasteiger partial charge >= 0.3 is 5.97 Å². The summed E-state index contributed by atoms with van der Waals surface area (Å²) in [6, 6.07) is 0. The Morgan fingerprint density at radius 2 is 2.04 bits per heavy atom. The van der Waals surface area contributed by atoms with Crippen LogP contribution in [-0.4, -0.2) is 60.3 Å². The molecule has 0 saturated carbocycles. The van der Waals surface area contributed by atoms with Gasteiger partial charge in [-0.2, -0.15) is 0 Å². The summed E-state index contributed by atoms with van der Waals surface area (Å²) in [5.74, 6) is -0.975. The maximum Gasteiger partial charge on any atom is 0.346 e. The van der Waals surface area contributed by atoms with Gasteiger partial charge in [0.15, 0.2) is 5.89 Å². The van der Waals surface area contributed by atoms with Crippen molar-refractivity contribution in [2.75, 3.05) is 32.9 Å². The van der Waals surface area contributed by atoms with Gasteiger partial charge in [-0.1, -0.05) is 0 Å². The maximum atomic E-state index is 15.4. The van der Waals surface area contributed by atoms with Gasteiger partial charge in [0, 0.05) is 13.5 Å². The van der Waals surface area contributed by atoms with Gasteiger partial charge in [-0.15, -0.1) is 0 Å². The number of nitrogens with zero attached hydrogens (tertiary/aromatic N) is 2. The molecule has 8 heteroatoms. The van der Waals surface area contributed by atoms with Gasteiger partial charge in [-0.05, 0) is 13.8 Å². The molecule has 0 bridgehead atoms. The Balaban J connectivity index is 1.88. The largest absolute Gasteiger partial charge is 0.464 e. The third-order valence-corrected chi connectivity index (χ3v) is 4.48. The zero-order valence-corrected chi connectivity index (χ0v) is 13.3. The second-order valence-electron chi connectivity index (χ2n) is 6.10. The lowest BCUT2D eigenvalue weighted by Gasteiger charge is -2.43. The summed E-state index contributed by atoms with van der Waals surface area (Å²) in [6.45, 7) is 4.86. The number of esters is 1. The standard InChI is InChI=1S/C15H19FN2O5/c1-4-22-13(20)15(16)6-18(5-14(15)7-21-8-14)12(19)11-9(2)17-10(3)23-11/h4-8H2,1-3H3. The number of alkyl halides is 1. The summed E-state index contributed by atoms with van der Waals surface area (Å²) < 4.78 is 30.7. The van der Waals surface area contributed by atoms with Gasteiger partial charge in [0.1, 0.15) is 0 Å². The van der Waals surface area contributed by atoms with Crippen LogP contribution in [0.15, 0.2) is 4.42 Å². The average Bonchev–Trinajstić information content (AvgIpc) is 2.96. The van der Waals surface area contributed by atoms with Gasteiger partial charge in [0.25, 0.3) is 5.91 Å². The molecule has 1 aromatic heterocycles. The molecule has 1 atom stereocenters. The van der Waals surface area contributed by atoms with E-state index < -0.39 is 23.0 Å². The molecule has 0 aromatic carbocycles. The number of ether oxygens (including phenoxy) is 2. The molecular formula is C15H19FN2O5. The molecule has 2 aliphatic heterocycles. The third-order valence-electron chi connectivity index (χ3n) is 4.48. The Morgan fingerprint density at radius 1 is 1.35 bits per heavy atom. The predicted octanol–water partition coefficient (Wildman–Crippen LogP) is 1.04. The monoisotopic (exact) mass is 326 g/mol. The minimum atomic E-state index is -2.26. The number of hydrogen-bond donors (Lipinski definition) is 0. The lowest BCUT2D eigenvalue weighted by atomic mass is 9.74. The van der Waals surface area contributed by atoms with E-state index >= 15 is 4.39 Å². The summed E-state index contributed by atoms with van der Waals surface area (Å²) in [5.41, 5.74) is -2.86. The van der Waals surface area contributed by atoms with Crippen molar-refractivity contribution in [2.45, 2.75) is 26.4 Å². The number of oxazole rings is 1. The van der Waals surface area contributed by atoms with E-state index in [0.29, 0.717) is 11.6 Å². The molecule has 0 aliphatic carbocycles. The smallest absolute Gasteiger partial charge is 0.346 e. The second-order valence-corrected chi connectivity index (χ2v) is 6.10. The highest BCUT2D eigenvalue weighted by molar-refractivity contribution is 5.94. The van der Waals surface area contributed by atoms with Crippen LogP contribution in [0.1, 0.15) is 29.1 Å². The summed E-state index contributed by atoms with van der Waals surface area (Å²) in [4.78, 5) is 30.1. The van der Waals surface area contributed by atoms with Gasteiger partial charge in [-0.25, -0.2) is 14.2 Å². The molecule has 2 aliphatic rings. The molecular weight excluding hydrogens is 307 g/mol. The number of carbonyl (C=O) groups excluding carboxylic acids is 2. The highest BCUT2D eigenvalue weighted by atomic mass is 19.1. The van der Waals surface area contributed by atoms with Crippen LogP contribution >= 0.6 is 0 Å². The average molecular weight is 326 g/mol. The summed E-state index contributed by atoms with van der Waals surface area (Å²) in [6.07, 6.45) is 0. The van der Waals surface area contributed by atoms with Crippen molar-refractivity contribution in [2.24, 2.45) is 5.41 Å². The van der Waals surface area contributed by atoms with E-state index in [1.54, 1.807) is 20.8 Å². The minimum Gasteiger partial charge on any atom is -0.464 e. The van der Waals surface area contributed by atoms with Gasteiger partial charge < -0.3 is 18.8 Å². The number of rotatable bonds is 3. The van der Waals surface area contributed by atoms with E-state index in [1.807, 2.05) is 0 Å². The van der Waals surface area contributed by atoms with E-state index in [4.69, 9.17) is 13.9 Å². The van der Waals surface area contributed by atoms with Gasteiger partial charge in [-0.3, -0.25) is 4.79 Å². The summed E-state index contributed by atoms with van der Waals surface area (Å²) >= 11 is 0. The van der Waals surface area contributed by atoms with Crippen LogP contribution in [0.2, 0.25) is 0 Å². The molecule has 1 amide bonds. The highest BCUT2D eigenvalue weighted by Gasteiger charge is 2.69. The van der Waals surface area contributed by atoms with Crippen molar-refractivity contribution in [1.82, 2.24) is 9.88 Å². The normalized spacial score (nSPS) is 25.5. The van der Waals surface area contributed by atoms with E-state index in [2.05, 4.69) is 4.98 Å². The molecule has 126 valence electrons. The lowest BCUT2D eigenvalue weighted by Crippen LogP contribution is -2.61. The first-order valence-electron chi connectivity index (χ1n) is 7.50. The Labute approximate surface area is 132 Å². The quantitative estimate of drug-likeness (QED) is 0.772. The summed E-state index contributed by atoms with van der Waals surface area (Å²) in [5, 5.41) is 0. The fraction of sp³-hybridized carbons (Fsp3) is 0.667. The molecule has 3 rings (SSSR count). The van der Waals surface area contributed by atoms with E-state index in [0.717, 1.165) is 0 Å². The van der Waals surface area contributed by atoms with Crippen molar-refractivity contribution < 1.29 is 27.9 Å². The molecule has 23 heavy (non-hydrogen) atoms. The van der Waals surface area contributed by atoms with E-state index in [1.165, 1.54) is 4.90 Å². The van der Waals surface area contributed by atoms with Crippen molar-refractivity contribution in [3.8, 4) is 0 Å². The van der Waals surface area contributed by atoms with Crippen LogP contribution in [0.4, 0.5) is 4.39 Å². The highest BCUT2D eigenvalue weighted by Crippen LogP contribution is 2.48. The Kier molecular flexibility index (Phi) is 3.66. The SMILES string of the molecule is CCOC(=O)C1(F)CN(C(=O)c2oc(C)nc2C)CC12COC2. The number of aryl methyl sites for hydroxylation is 2. The van der Waals surface area contributed by atoms with E-state index in [9.17, 15) is 9.59 Å². The van der Waals surface area contributed by atoms with Crippen LogP contribution < -0.4 is 0 Å². The van der Waals surface area contributed by atoms with Crippen molar-refractivity contribution >= 4 is 11.9 Å². The molecule has 7 nitrogen and oxygen atoms in total. The second kappa shape index (κ2) is 5.30.